The lowest BCUT2D eigenvalue weighted by atomic mass is 10.3. The van der Waals surface area contributed by atoms with Crippen molar-refractivity contribution in [2.24, 2.45) is 0 Å². The molecule has 1 aromatic heterocycles. The number of aromatic nitrogens is 1. The Balaban J connectivity index is 2.38. The molecule has 6 nitrogen and oxygen atoms in total. The second kappa shape index (κ2) is 4.18. The van der Waals surface area contributed by atoms with E-state index in [4.69, 9.17) is 4.74 Å². The van der Waals surface area contributed by atoms with Crippen molar-refractivity contribution in [3.63, 3.8) is 0 Å². The van der Waals surface area contributed by atoms with Gasteiger partial charge in [0.25, 0.3) is 5.91 Å². The first-order chi connectivity index (χ1) is 7.74. The Hall–Kier alpha value is -2.11. The molecular weight excluding hydrogens is 212 g/mol. The molecular formula is C10H10N2O4. The molecule has 1 aliphatic rings. The first kappa shape index (κ1) is 10.4. The van der Waals surface area contributed by atoms with Gasteiger partial charge in [0.05, 0.1) is 6.61 Å². The van der Waals surface area contributed by atoms with Crippen LogP contribution in [0.2, 0.25) is 0 Å². The van der Waals surface area contributed by atoms with Gasteiger partial charge in [0, 0.05) is 6.20 Å². The summed E-state index contributed by atoms with van der Waals surface area (Å²) in [6.45, 7) is 1.96. The first-order valence-electron chi connectivity index (χ1n) is 4.81. The summed E-state index contributed by atoms with van der Waals surface area (Å²) in [7, 11) is 0. The van der Waals surface area contributed by atoms with Gasteiger partial charge in [-0.25, -0.2) is 14.7 Å². The molecule has 1 aromatic rings. The Morgan fingerprint density at radius 3 is 3.00 bits per heavy atom. The van der Waals surface area contributed by atoms with Crippen molar-refractivity contribution >= 4 is 17.7 Å². The van der Waals surface area contributed by atoms with Crippen LogP contribution in [0.5, 0.6) is 5.88 Å². The van der Waals surface area contributed by atoms with E-state index in [-0.39, 0.29) is 12.5 Å². The molecule has 0 spiro atoms. The molecule has 0 bridgehead atoms. The molecule has 6 heteroatoms. The van der Waals surface area contributed by atoms with Crippen LogP contribution in [0, 0.1) is 0 Å². The molecule has 1 saturated heterocycles. The number of carbonyl (C=O) groups excluding carboxylic acids is 2. The number of imide groups is 1. The van der Waals surface area contributed by atoms with Crippen LogP contribution in [0.15, 0.2) is 18.3 Å². The summed E-state index contributed by atoms with van der Waals surface area (Å²) < 4.78 is 9.85. The second-order valence-corrected chi connectivity index (χ2v) is 3.04. The number of nitrogens with zero attached hydrogens (tertiary/aromatic N) is 2. The minimum atomic E-state index is -0.695. The van der Waals surface area contributed by atoms with Crippen molar-refractivity contribution in [3.05, 3.63) is 18.3 Å². The molecule has 1 aliphatic heterocycles. The van der Waals surface area contributed by atoms with E-state index >= 15 is 0 Å². The average molecular weight is 222 g/mol. The first-order valence-corrected chi connectivity index (χ1v) is 4.81. The van der Waals surface area contributed by atoms with Gasteiger partial charge < -0.3 is 9.47 Å². The molecule has 2 heterocycles. The third kappa shape index (κ3) is 1.69. The van der Waals surface area contributed by atoms with Crippen molar-refractivity contribution in [2.75, 3.05) is 18.1 Å². The quantitative estimate of drug-likeness (QED) is 0.762. The third-order valence-corrected chi connectivity index (χ3v) is 2.02. The fraction of sp³-hybridized carbons (Fsp3) is 0.300. The number of hydrogen-bond acceptors (Lipinski definition) is 5. The summed E-state index contributed by atoms with van der Waals surface area (Å²) in [6, 6.07) is 3.21. The fourth-order valence-electron chi connectivity index (χ4n) is 1.39. The van der Waals surface area contributed by atoms with Gasteiger partial charge in [0.1, 0.15) is 5.69 Å². The highest BCUT2D eigenvalue weighted by atomic mass is 16.6. The summed E-state index contributed by atoms with van der Waals surface area (Å²) >= 11 is 0. The van der Waals surface area contributed by atoms with Crippen LogP contribution in [0.25, 0.3) is 0 Å². The van der Waals surface area contributed by atoms with E-state index in [0.29, 0.717) is 12.3 Å². The van der Waals surface area contributed by atoms with Gasteiger partial charge in [-0.15, -0.1) is 0 Å². The average Bonchev–Trinajstić information content (AvgIpc) is 2.60. The van der Waals surface area contributed by atoms with E-state index in [1.165, 1.54) is 6.20 Å². The van der Waals surface area contributed by atoms with Crippen molar-refractivity contribution in [1.82, 2.24) is 4.98 Å². The Morgan fingerprint density at radius 1 is 1.56 bits per heavy atom. The van der Waals surface area contributed by atoms with Gasteiger partial charge in [-0.1, -0.05) is 0 Å². The normalized spacial score (nSPS) is 15.2. The zero-order chi connectivity index (χ0) is 11.5. The van der Waals surface area contributed by atoms with Crippen LogP contribution in [0.3, 0.4) is 0 Å². The molecule has 1 fully saturated rings. The number of cyclic esters (lactones) is 1. The Kier molecular flexibility index (Phi) is 2.72. The van der Waals surface area contributed by atoms with Gasteiger partial charge in [0.15, 0.2) is 6.61 Å². The van der Waals surface area contributed by atoms with Crippen molar-refractivity contribution in [3.8, 4) is 5.88 Å². The SMILES string of the molecule is CCOc1ncccc1N1C(=O)COC1=O. The third-order valence-electron chi connectivity index (χ3n) is 2.02. The van der Waals surface area contributed by atoms with E-state index in [1.807, 2.05) is 0 Å². The Labute approximate surface area is 91.8 Å². The molecule has 0 aromatic carbocycles. The van der Waals surface area contributed by atoms with Crippen molar-refractivity contribution < 1.29 is 19.1 Å². The monoisotopic (exact) mass is 222 g/mol. The summed E-state index contributed by atoms with van der Waals surface area (Å²) in [5.74, 6) is -0.170. The predicted molar refractivity (Wildman–Crippen MR) is 54.2 cm³/mol. The molecule has 0 radical (unpaired) electrons. The van der Waals surface area contributed by atoms with Gasteiger partial charge in [-0.3, -0.25) is 4.79 Å². The zero-order valence-corrected chi connectivity index (χ0v) is 8.67. The van der Waals surface area contributed by atoms with Crippen molar-refractivity contribution in [1.29, 1.82) is 0 Å². The van der Waals surface area contributed by atoms with Gasteiger partial charge in [-0.05, 0) is 19.1 Å². The number of anilines is 1. The lowest BCUT2D eigenvalue weighted by molar-refractivity contribution is -0.117. The number of amides is 2. The highest BCUT2D eigenvalue weighted by Crippen LogP contribution is 2.28. The van der Waals surface area contributed by atoms with Crippen LogP contribution in [-0.4, -0.2) is 30.2 Å². The second-order valence-electron chi connectivity index (χ2n) is 3.04. The Morgan fingerprint density at radius 2 is 2.38 bits per heavy atom. The summed E-state index contributed by atoms with van der Waals surface area (Å²) in [5, 5.41) is 0. The van der Waals surface area contributed by atoms with Crippen LogP contribution in [-0.2, 0) is 9.53 Å². The van der Waals surface area contributed by atoms with Crippen LogP contribution >= 0.6 is 0 Å². The minimum absolute atomic E-state index is 0.237. The van der Waals surface area contributed by atoms with E-state index in [2.05, 4.69) is 9.72 Å². The smallest absolute Gasteiger partial charge is 0.422 e. The summed E-state index contributed by atoms with van der Waals surface area (Å²) in [4.78, 5) is 27.7. The van der Waals surface area contributed by atoms with Gasteiger partial charge in [-0.2, -0.15) is 0 Å². The van der Waals surface area contributed by atoms with E-state index < -0.39 is 12.0 Å². The maximum Gasteiger partial charge on any atom is 0.422 e. The van der Waals surface area contributed by atoms with Crippen LogP contribution in [0.4, 0.5) is 10.5 Å². The van der Waals surface area contributed by atoms with Gasteiger partial charge >= 0.3 is 6.09 Å². The number of rotatable bonds is 3. The molecule has 0 N–H and O–H groups in total. The molecule has 0 unspecified atom stereocenters. The number of hydrogen-bond donors (Lipinski definition) is 0. The molecule has 0 aliphatic carbocycles. The van der Waals surface area contributed by atoms with Crippen molar-refractivity contribution in [2.45, 2.75) is 6.92 Å². The molecule has 16 heavy (non-hydrogen) atoms. The zero-order valence-electron chi connectivity index (χ0n) is 8.67. The number of carbonyl (C=O) groups is 2. The molecule has 0 saturated carbocycles. The highest BCUT2D eigenvalue weighted by Gasteiger charge is 2.34. The van der Waals surface area contributed by atoms with Crippen LogP contribution < -0.4 is 9.64 Å². The summed E-state index contributed by atoms with van der Waals surface area (Å²) in [5.41, 5.74) is 0.317. The fourth-order valence-corrected chi connectivity index (χ4v) is 1.39. The topological polar surface area (TPSA) is 68.7 Å². The van der Waals surface area contributed by atoms with E-state index in [0.717, 1.165) is 4.90 Å². The lowest BCUT2D eigenvalue weighted by Gasteiger charge is -2.14. The van der Waals surface area contributed by atoms with Gasteiger partial charge in [0.2, 0.25) is 5.88 Å². The van der Waals surface area contributed by atoms with Crippen LogP contribution in [0.1, 0.15) is 6.92 Å². The number of pyridine rings is 1. The predicted octanol–water partition coefficient (Wildman–Crippen LogP) is 0.964. The van der Waals surface area contributed by atoms with E-state index in [1.54, 1.807) is 19.1 Å². The molecule has 0 atom stereocenters. The molecule has 2 rings (SSSR count). The molecule has 84 valence electrons. The highest BCUT2D eigenvalue weighted by molar-refractivity contribution is 6.17. The lowest BCUT2D eigenvalue weighted by Crippen LogP contribution is -2.29. The Bertz CT molecular complexity index is 417. The van der Waals surface area contributed by atoms with E-state index in [9.17, 15) is 9.59 Å². The largest absolute Gasteiger partial charge is 0.476 e. The standard InChI is InChI=1S/C10H10N2O4/c1-2-15-9-7(4-3-5-11-9)12-8(13)6-16-10(12)14/h3-5H,2,6H2,1H3. The molecule has 2 amide bonds. The number of ether oxygens (including phenoxy) is 2. The summed E-state index contributed by atoms with van der Waals surface area (Å²) in [6.07, 6.45) is 0.833. The minimum Gasteiger partial charge on any atom is -0.476 e. The maximum atomic E-state index is 11.4. The maximum absolute atomic E-state index is 11.4.